The normalized spacial score (nSPS) is 21.4. The van der Waals surface area contributed by atoms with Gasteiger partial charge in [0, 0.05) is 6.42 Å². The summed E-state index contributed by atoms with van der Waals surface area (Å²) < 4.78 is 10.1. The second-order valence-electron chi connectivity index (χ2n) is 6.44. The molecule has 1 heterocycles. The highest BCUT2D eigenvalue weighted by molar-refractivity contribution is 5.69. The fourth-order valence-electron chi connectivity index (χ4n) is 2.59. The third kappa shape index (κ3) is 11.0. The fraction of sp³-hybridized carbons (Fsp3) is 0.667. The summed E-state index contributed by atoms with van der Waals surface area (Å²) in [6.07, 6.45) is 20.7. The Morgan fingerprint density at radius 2 is 1.88 bits per heavy atom. The SMILES string of the molecule is CCCCC/C=C\C/C=C\C[C@H]1O[C@@H]1[C@H](O)/C=C\CCCC(=O)OC. The smallest absolute Gasteiger partial charge is 0.305 e. The van der Waals surface area contributed by atoms with Crippen LogP contribution >= 0.6 is 0 Å². The molecule has 0 saturated carbocycles. The summed E-state index contributed by atoms with van der Waals surface area (Å²) in [5, 5.41) is 10.0. The monoisotopic (exact) mass is 350 g/mol. The van der Waals surface area contributed by atoms with Crippen LogP contribution in [-0.4, -0.2) is 36.5 Å². The van der Waals surface area contributed by atoms with Gasteiger partial charge >= 0.3 is 5.97 Å². The van der Waals surface area contributed by atoms with Gasteiger partial charge in [0.2, 0.25) is 0 Å². The van der Waals surface area contributed by atoms with E-state index in [2.05, 4.69) is 36.0 Å². The minimum atomic E-state index is -0.560. The van der Waals surface area contributed by atoms with E-state index in [1.807, 2.05) is 6.08 Å². The number of esters is 1. The molecule has 0 aromatic heterocycles. The Morgan fingerprint density at radius 3 is 2.64 bits per heavy atom. The minimum Gasteiger partial charge on any atom is -0.469 e. The second-order valence-corrected chi connectivity index (χ2v) is 6.44. The van der Waals surface area contributed by atoms with Crippen LogP contribution in [0, 0.1) is 0 Å². The molecule has 142 valence electrons. The van der Waals surface area contributed by atoms with Gasteiger partial charge in [0.05, 0.1) is 13.2 Å². The lowest BCUT2D eigenvalue weighted by Gasteiger charge is -2.00. The lowest BCUT2D eigenvalue weighted by Crippen LogP contribution is -2.13. The third-order valence-electron chi connectivity index (χ3n) is 4.22. The summed E-state index contributed by atoms with van der Waals surface area (Å²) in [5.41, 5.74) is 0. The predicted molar refractivity (Wildman–Crippen MR) is 101 cm³/mol. The van der Waals surface area contributed by atoms with Crippen molar-refractivity contribution in [2.75, 3.05) is 7.11 Å². The fourth-order valence-corrected chi connectivity index (χ4v) is 2.59. The first-order valence-electron chi connectivity index (χ1n) is 9.56. The van der Waals surface area contributed by atoms with Crippen LogP contribution < -0.4 is 0 Å². The molecule has 1 saturated heterocycles. The molecule has 25 heavy (non-hydrogen) atoms. The van der Waals surface area contributed by atoms with E-state index in [1.54, 1.807) is 6.08 Å². The quantitative estimate of drug-likeness (QED) is 0.217. The zero-order valence-corrected chi connectivity index (χ0v) is 15.7. The first-order valence-corrected chi connectivity index (χ1v) is 9.56. The Kier molecular flexibility index (Phi) is 12.0. The average Bonchev–Trinajstić information content (AvgIpc) is 3.39. The predicted octanol–water partition coefficient (Wildman–Crippen LogP) is 4.49. The highest BCUT2D eigenvalue weighted by Gasteiger charge is 2.42. The molecule has 1 fully saturated rings. The number of hydrogen-bond donors (Lipinski definition) is 1. The topological polar surface area (TPSA) is 59.1 Å². The van der Waals surface area contributed by atoms with Gasteiger partial charge in [-0.05, 0) is 38.5 Å². The van der Waals surface area contributed by atoms with Crippen molar-refractivity contribution in [2.45, 2.75) is 83.0 Å². The van der Waals surface area contributed by atoms with Crippen molar-refractivity contribution in [3.8, 4) is 0 Å². The standard InChI is InChI=1S/C21H34O4/c1-3-4-5-6-7-8-9-10-13-16-19-21(25-19)18(22)15-12-11-14-17-20(23)24-2/h7-8,10,12-13,15,18-19,21-22H,3-6,9,11,14,16-17H2,1-2H3/b8-7-,13-10-,15-12-/t18-,19-,21-/m1/s1. The molecule has 0 aromatic carbocycles. The number of ether oxygens (including phenoxy) is 2. The molecular weight excluding hydrogens is 316 g/mol. The molecule has 0 aliphatic carbocycles. The van der Waals surface area contributed by atoms with Gasteiger partial charge in [-0.1, -0.05) is 56.2 Å². The van der Waals surface area contributed by atoms with Gasteiger partial charge in [-0.3, -0.25) is 4.79 Å². The minimum absolute atomic E-state index is 0.0916. The number of unbranched alkanes of at least 4 members (excludes halogenated alkanes) is 4. The van der Waals surface area contributed by atoms with Crippen LogP contribution in [0.4, 0.5) is 0 Å². The number of aliphatic hydroxyl groups excluding tert-OH is 1. The van der Waals surface area contributed by atoms with Crippen LogP contribution in [-0.2, 0) is 14.3 Å². The number of aliphatic hydroxyl groups is 1. The Morgan fingerprint density at radius 1 is 1.12 bits per heavy atom. The molecule has 4 nitrogen and oxygen atoms in total. The van der Waals surface area contributed by atoms with Crippen molar-refractivity contribution in [1.29, 1.82) is 0 Å². The van der Waals surface area contributed by atoms with Gasteiger partial charge in [-0.2, -0.15) is 0 Å². The molecule has 0 amide bonds. The van der Waals surface area contributed by atoms with Crippen LogP contribution in [0.25, 0.3) is 0 Å². The summed E-state index contributed by atoms with van der Waals surface area (Å²) in [6.45, 7) is 2.22. The van der Waals surface area contributed by atoms with E-state index in [1.165, 1.54) is 32.8 Å². The molecular formula is C21H34O4. The summed E-state index contributed by atoms with van der Waals surface area (Å²) in [5.74, 6) is -0.192. The lowest BCUT2D eigenvalue weighted by atomic mass is 10.1. The van der Waals surface area contributed by atoms with E-state index in [9.17, 15) is 9.90 Å². The number of rotatable bonds is 14. The van der Waals surface area contributed by atoms with E-state index in [0.717, 1.165) is 25.7 Å². The molecule has 0 aromatic rings. The van der Waals surface area contributed by atoms with Crippen molar-refractivity contribution in [3.05, 3.63) is 36.5 Å². The number of carbonyl (C=O) groups is 1. The van der Waals surface area contributed by atoms with Crippen molar-refractivity contribution in [1.82, 2.24) is 0 Å². The van der Waals surface area contributed by atoms with Crippen LogP contribution in [0.5, 0.6) is 0 Å². The lowest BCUT2D eigenvalue weighted by molar-refractivity contribution is -0.140. The maximum atomic E-state index is 11.0. The van der Waals surface area contributed by atoms with Gasteiger partial charge in [0.1, 0.15) is 12.2 Å². The molecule has 4 heteroatoms. The molecule has 3 atom stereocenters. The van der Waals surface area contributed by atoms with E-state index in [-0.39, 0.29) is 18.2 Å². The number of epoxide rings is 1. The molecule has 1 N–H and O–H groups in total. The van der Waals surface area contributed by atoms with Crippen molar-refractivity contribution in [2.24, 2.45) is 0 Å². The van der Waals surface area contributed by atoms with E-state index < -0.39 is 6.10 Å². The number of methoxy groups -OCH3 is 1. The largest absolute Gasteiger partial charge is 0.469 e. The van der Waals surface area contributed by atoms with Crippen LogP contribution in [0.2, 0.25) is 0 Å². The average molecular weight is 350 g/mol. The van der Waals surface area contributed by atoms with Crippen molar-refractivity contribution < 1.29 is 19.4 Å². The Bertz CT molecular complexity index is 439. The number of carbonyl (C=O) groups excluding carboxylic acids is 1. The first kappa shape index (κ1) is 21.7. The summed E-state index contributed by atoms with van der Waals surface area (Å²) >= 11 is 0. The summed E-state index contributed by atoms with van der Waals surface area (Å²) in [7, 11) is 1.39. The zero-order valence-electron chi connectivity index (χ0n) is 15.7. The molecule has 0 spiro atoms. The van der Waals surface area contributed by atoms with E-state index >= 15 is 0 Å². The van der Waals surface area contributed by atoms with E-state index in [0.29, 0.717) is 6.42 Å². The number of allylic oxidation sites excluding steroid dienone is 4. The van der Waals surface area contributed by atoms with Gasteiger partial charge in [-0.15, -0.1) is 0 Å². The number of hydrogen-bond acceptors (Lipinski definition) is 4. The van der Waals surface area contributed by atoms with Crippen LogP contribution in [0.15, 0.2) is 36.5 Å². The molecule has 1 aliphatic rings. The zero-order chi connectivity index (χ0) is 18.3. The van der Waals surface area contributed by atoms with Gasteiger partial charge < -0.3 is 14.6 Å². The molecule has 0 unspecified atom stereocenters. The van der Waals surface area contributed by atoms with Gasteiger partial charge in [0.15, 0.2) is 0 Å². The highest BCUT2D eigenvalue weighted by Crippen LogP contribution is 2.29. The molecule has 0 bridgehead atoms. The van der Waals surface area contributed by atoms with Crippen molar-refractivity contribution in [3.63, 3.8) is 0 Å². The Labute approximate surface area is 152 Å². The Hall–Kier alpha value is -1.39. The third-order valence-corrected chi connectivity index (χ3v) is 4.22. The molecule has 1 rings (SSSR count). The van der Waals surface area contributed by atoms with Gasteiger partial charge in [-0.25, -0.2) is 0 Å². The van der Waals surface area contributed by atoms with E-state index in [4.69, 9.17) is 4.74 Å². The van der Waals surface area contributed by atoms with Gasteiger partial charge in [0.25, 0.3) is 0 Å². The summed E-state index contributed by atoms with van der Waals surface area (Å²) in [4.78, 5) is 11.0. The Balaban J connectivity index is 2.04. The maximum absolute atomic E-state index is 11.0. The summed E-state index contributed by atoms with van der Waals surface area (Å²) in [6, 6.07) is 0. The van der Waals surface area contributed by atoms with Crippen molar-refractivity contribution >= 4 is 5.97 Å². The van der Waals surface area contributed by atoms with Crippen LogP contribution in [0.3, 0.4) is 0 Å². The highest BCUT2D eigenvalue weighted by atomic mass is 16.6. The van der Waals surface area contributed by atoms with Crippen LogP contribution in [0.1, 0.15) is 64.7 Å². The molecule has 1 aliphatic heterocycles. The maximum Gasteiger partial charge on any atom is 0.305 e. The second kappa shape index (κ2) is 13.9. The first-order chi connectivity index (χ1) is 12.2. The molecule has 0 radical (unpaired) electrons.